The minimum absolute atomic E-state index is 0.00694. The van der Waals surface area contributed by atoms with Gasteiger partial charge in [-0.3, -0.25) is 4.79 Å². The highest BCUT2D eigenvalue weighted by molar-refractivity contribution is 5.77. The van der Waals surface area contributed by atoms with Gasteiger partial charge >= 0.3 is 5.97 Å². The molecule has 60 valence electrons. The van der Waals surface area contributed by atoms with Crippen molar-refractivity contribution in [3.05, 3.63) is 11.6 Å². The molecule has 1 saturated heterocycles. The summed E-state index contributed by atoms with van der Waals surface area (Å²) >= 11 is 0. The Balaban J connectivity index is 2.21. The molecule has 0 aromatic carbocycles. The SMILES string of the molecule is CC1=CC[C@@H]2CCOC(=O)[C@H]12. The van der Waals surface area contributed by atoms with Crippen molar-refractivity contribution >= 4 is 5.97 Å². The Morgan fingerprint density at radius 2 is 2.45 bits per heavy atom. The molecule has 2 atom stereocenters. The van der Waals surface area contributed by atoms with E-state index >= 15 is 0 Å². The van der Waals surface area contributed by atoms with Crippen LogP contribution in [0.4, 0.5) is 0 Å². The summed E-state index contributed by atoms with van der Waals surface area (Å²) in [4.78, 5) is 11.2. The first kappa shape index (κ1) is 6.89. The highest BCUT2D eigenvalue weighted by Crippen LogP contribution is 2.37. The van der Waals surface area contributed by atoms with Crippen LogP contribution in [-0.4, -0.2) is 12.6 Å². The standard InChI is InChI=1S/C9H12O2/c1-6-2-3-7-4-5-11-9(10)8(6)7/h2,7-8H,3-5H2,1H3/t7-,8-/m1/s1. The molecule has 0 unspecified atom stereocenters. The minimum Gasteiger partial charge on any atom is -0.465 e. The molecule has 11 heavy (non-hydrogen) atoms. The van der Waals surface area contributed by atoms with E-state index < -0.39 is 0 Å². The van der Waals surface area contributed by atoms with Crippen molar-refractivity contribution in [2.24, 2.45) is 11.8 Å². The van der Waals surface area contributed by atoms with E-state index in [1.807, 2.05) is 6.92 Å². The monoisotopic (exact) mass is 152 g/mol. The van der Waals surface area contributed by atoms with Gasteiger partial charge in [-0.25, -0.2) is 0 Å². The topological polar surface area (TPSA) is 26.3 Å². The Morgan fingerprint density at radius 3 is 3.18 bits per heavy atom. The van der Waals surface area contributed by atoms with Crippen LogP contribution in [0.5, 0.6) is 0 Å². The van der Waals surface area contributed by atoms with Gasteiger partial charge < -0.3 is 4.74 Å². The highest BCUT2D eigenvalue weighted by Gasteiger charge is 2.37. The van der Waals surface area contributed by atoms with Gasteiger partial charge in [-0.15, -0.1) is 0 Å². The molecule has 0 saturated carbocycles. The molecule has 1 fully saturated rings. The number of allylic oxidation sites excluding steroid dienone is 1. The lowest BCUT2D eigenvalue weighted by molar-refractivity contribution is -0.153. The van der Waals surface area contributed by atoms with Gasteiger partial charge in [-0.05, 0) is 25.7 Å². The predicted molar refractivity (Wildman–Crippen MR) is 40.9 cm³/mol. The molecule has 0 N–H and O–H groups in total. The van der Waals surface area contributed by atoms with E-state index in [1.54, 1.807) is 0 Å². The summed E-state index contributed by atoms with van der Waals surface area (Å²) in [7, 11) is 0. The molecule has 0 radical (unpaired) electrons. The second kappa shape index (κ2) is 2.36. The predicted octanol–water partition coefficient (Wildman–Crippen LogP) is 1.52. The van der Waals surface area contributed by atoms with Gasteiger partial charge in [-0.2, -0.15) is 0 Å². The Hall–Kier alpha value is -0.790. The Morgan fingerprint density at radius 1 is 1.64 bits per heavy atom. The molecule has 2 nitrogen and oxygen atoms in total. The number of rotatable bonds is 0. The summed E-state index contributed by atoms with van der Waals surface area (Å²) < 4.78 is 4.98. The molecule has 2 rings (SSSR count). The van der Waals surface area contributed by atoms with Crippen LogP contribution in [0.1, 0.15) is 19.8 Å². The highest BCUT2D eigenvalue weighted by atomic mass is 16.5. The second-order valence-electron chi connectivity index (χ2n) is 3.38. The normalized spacial score (nSPS) is 36.1. The average Bonchev–Trinajstić information content (AvgIpc) is 2.34. The van der Waals surface area contributed by atoms with Crippen molar-refractivity contribution in [3.8, 4) is 0 Å². The number of hydrogen-bond donors (Lipinski definition) is 0. The summed E-state index contributed by atoms with van der Waals surface area (Å²) in [5, 5.41) is 0. The molecule has 1 aliphatic heterocycles. The van der Waals surface area contributed by atoms with Crippen LogP contribution in [0.25, 0.3) is 0 Å². The number of fused-ring (bicyclic) bond motifs is 1. The first-order chi connectivity index (χ1) is 5.29. The van der Waals surface area contributed by atoms with Crippen LogP contribution in [0.15, 0.2) is 11.6 Å². The average molecular weight is 152 g/mol. The molecule has 0 amide bonds. The number of carbonyl (C=O) groups is 1. The first-order valence-electron chi connectivity index (χ1n) is 4.12. The van der Waals surface area contributed by atoms with E-state index in [1.165, 1.54) is 5.57 Å². The largest absolute Gasteiger partial charge is 0.465 e. The summed E-state index contributed by atoms with van der Waals surface area (Å²) in [6.07, 6.45) is 4.29. The number of ether oxygens (including phenoxy) is 1. The van der Waals surface area contributed by atoms with Crippen LogP contribution >= 0.6 is 0 Å². The molecular weight excluding hydrogens is 140 g/mol. The van der Waals surface area contributed by atoms with Crippen LogP contribution in [0.3, 0.4) is 0 Å². The van der Waals surface area contributed by atoms with Gasteiger partial charge in [-0.1, -0.05) is 11.6 Å². The first-order valence-corrected chi connectivity index (χ1v) is 4.12. The Bertz CT molecular complexity index is 218. The number of cyclic esters (lactones) is 1. The number of hydrogen-bond acceptors (Lipinski definition) is 2. The van der Waals surface area contributed by atoms with Gasteiger partial charge in [0.1, 0.15) is 0 Å². The molecule has 0 bridgehead atoms. The molecule has 0 spiro atoms. The third-order valence-corrected chi connectivity index (χ3v) is 2.69. The smallest absolute Gasteiger partial charge is 0.313 e. The number of carbonyl (C=O) groups excluding carboxylic acids is 1. The third-order valence-electron chi connectivity index (χ3n) is 2.69. The molecule has 1 aliphatic carbocycles. The summed E-state index contributed by atoms with van der Waals surface area (Å²) in [5.41, 5.74) is 1.21. The summed E-state index contributed by atoms with van der Waals surface area (Å²) in [5.74, 6) is 0.646. The minimum atomic E-state index is -0.00694. The zero-order chi connectivity index (χ0) is 7.84. The quantitative estimate of drug-likeness (QED) is 0.388. The van der Waals surface area contributed by atoms with Crippen molar-refractivity contribution in [3.63, 3.8) is 0 Å². The van der Waals surface area contributed by atoms with Crippen LogP contribution < -0.4 is 0 Å². The zero-order valence-electron chi connectivity index (χ0n) is 6.67. The molecule has 0 aromatic rings. The molecule has 2 aliphatic rings. The van der Waals surface area contributed by atoms with Crippen molar-refractivity contribution in [1.82, 2.24) is 0 Å². The molecule has 1 heterocycles. The third kappa shape index (κ3) is 0.971. The van der Waals surface area contributed by atoms with Gasteiger partial charge in [0.05, 0.1) is 12.5 Å². The fraction of sp³-hybridized carbons (Fsp3) is 0.667. The Kier molecular flexibility index (Phi) is 1.48. The van der Waals surface area contributed by atoms with Gasteiger partial charge in [0, 0.05) is 0 Å². The fourth-order valence-corrected chi connectivity index (χ4v) is 2.04. The van der Waals surface area contributed by atoms with Gasteiger partial charge in [0.2, 0.25) is 0 Å². The van der Waals surface area contributed by atoms with E-state index in [9.17, 15) is 4.79 Å². The fourth-order valence-electron chi connectivity index (χ4n) is 2.04. The maximum Gasteiger partial charge on any atom is 0.313 e. The van der Waals surface area contributed by atoms with E-state index in [-0.39, 0.29) is 11.9 Å². The zero-order valence-corrected chi connectivity index (χ0v) is 6.67. The van der Waals surface area contributed by atoms with E-state index in [0.717, 1.165) is 12.8 Å². The van der Waals surface area contributed by atoms with E-state index in [0.29, 0.717) is 12.5 Å². The number of esters is 1. The van der Waals surface area contributed by atoms with Crippen molar-refractivity contribution in [2.75, 3.05) is 6.61 Å². The lowest BCUT2D eigenvalue weighted by Crippen LogP contribution is -2.30. The maximum absolute atomic E-state index is 11.2. The van der Waals surface area contributed by atoms with Crippen LogP contribution in [0.2, 0.25) is 0 Å². The summed E-state index contributed by atoms with van der Waals surface area (Å²) in [6.45, 7) is 2.65. The molecular formula is C9H12O2. The van der Waals surface area contributed by atoms with Crippen LogP contribution in [0, 0.1) is 11.8 Å². The van der Waals surface area contributed by atoms with E-state index in [2.05, 4.69) is 6.08 Å². The van der Waals surface area contributed by atoms with Gasteiger partial charge in [0.25, 0.3) is 0 Å². The molecule has 0 aromatic heterocycles. The van der Waals surface area contributed by atoms with Gasteiger partial charge in [0.15, 0.2) is 0 Å². The lowest BCUT2D eigenvalue weighted by Gasteiger charge is -2.25. The summed E-state index contributed by atoms with van der Waals surface area (Å²) in [6, 6.07) is 0. The van der Waals surface area contributed by atoms with E-state index in [4.69, 9.17) is 4.74 Å². The Labute approximate surface area is 66.2 Å². The van der Waals surface area contributed by atoms with Crippen molar-refractivity contribution in [2.45, 2.75) is 19.8 Å². The van der Waals surface area contributed by atoms with Crippen molar-refractivity contribution < 1.29 is 9.53 Å². The second-order valence-corrected chi connectivity index (χ2v) is 3.38. The van der Waals surface area contributed by atoms with Crippen LogP contribution in [-0.2, 0) is 9.53 Å². The maximum atomic E-state index is 11.2. The van der Waals surface area contributed by atoms with Crippen molar-refractivity contribution in [1.29, 1.82) is 0 Å². The lowest BCUT2D eigenvalue weighted by atomic mass is 9.88. The molecule has 2 heteroatoms.